The third-order valence-corrected chi connectivity index (χ3v) is 4.07. The lowest BCUT2D eigenvalue weighted by molar-refractivity contribution is -0.237. The predicted octanol–water partition coefficient (Wildman–Crippen LogP) is 1.10. The maximum absolute atomic E-state index is 6.46. The molecule has 0 aromatic rings. The van der Waals surface area contributed by atoms with E-state index in [4.69, 9.17) is 27.7 Å². The Morgan fingerprint density at radius 2 is 0.842 bits per heavy atom. The van der Waals surface area contributed by atoms with E-state index in [1.165, 1.54) is 0 Å². The Balaban J connectivity index is 5.69. The number of hydrogen-bond donors (Lipinski definition) is 4. The summed E-state index contributed by atoms with van der Waals surface area (Å²) in [6, 6.07) is 0. The largest absolute Gasteiger partial charge is 0.336 e. The van der Waals surface area contributed by atoms with Crippen LogP contribution in [-0.2, 0) is 4.74 Å². The molecule has 0 aromatic carbocycles. The van der Waals surface area contributed by atoms with Gasteiger partial charge in [-0.3, -0.25) is 0 Å². The topological polar surface area (TPSA) is 113 Å². The second kappa shape index (κ2) is 5.30. The third-order valence-electron chi connectivity index (χ3n) is 4.07. The molecule has 0 heterocycles. The molecular formula is C14H34N4O. The quantitative estimate of drug-likeness (QED) is 0.542. The number of hydrogen-bond acceptors (Lipinski definition) is 5. The summed E-state index contributed by atoms with van der Waals surface area (Å²) < 4.78 is 6.18. The van der Waals surface area contributed by atoms with Gasteiger partial charge in [0.15, 0.2) is 0 Å². The normalized spacial score (nSPS) is 20.5. The van der Waals surface area contributed by atoms with Crippen molar-refractivity contribution in [3.05, 3.63) is 0 Å². The van der Waals surface area contributed by atoms with Crippen molar-refractivity contribution in [2.75, 3.05) is 0 Å². The van der Waals surface area contributed by atoms with Crippen molar-refractivity contribution in [1.29, 1.82) is 0 Å². The summed E-state index contributed by atoms with van der Waals surface area (Å²) in [5, 5.41) is 0. The highest BCUT2D eigenvalue weighted by atomic mass is 16.6. The summed E-state index contributed by atoms with van der Waals surface area (Å²) in [7, 11) is 0. The van der Waals surface area contributed by atoms with Gasteiger partial charge in [0.2, 0.25) is 0 Å². The smallest absolute Gasteiger partial charge is 0.139 e. The zero-order chi connectivity index (χ0) is 15.9. The van der Waals surface area contributed by atoms with Gasteiger partial charge >= 0.3 is 0 Å². The highest BCUT2D eigenvalue weighted by Gasteiger charge is 2.53. The van der Waals surface area contributed by atoms with Gasteiger partial charge in [-0.15, -0.1) is 0 Å². The SMILES string of the molecule is CC(C)C(N)(OC(N)(C(C)C)C(C)(C)N)C(C)(C)N. The molecule has 0 bridgehead atoms. The molecule has 2 atom stereocenters. The minimum absolute atomic E-state index is 0.00322. The first kappa shape index (κ1) is 18.8. The van der Waals surface area contributed by atoms with Crippen LogP contribution < -0.4 is 22.9 Å². The van der Waals surface area contributed by atoms with Gasteiger partial charge in [0, 0.05) is 0 Å². The fourth-order valence-electron chi connectivity index (χ4n) is 2.27. The van der Waals surface area contributed by atoms with Crippen molar-refractivity contribution in [2.24, 2.45) is 34.8 Å². The number of rotatable bonds is 6. The summed E-state index contributed by atoms with van der Waals surface area (Å²) in [4.78, 5) is 0. The molecule has 5 nitrogen and oxygen atoms in total. The highest BCUT2D eigenvalue weighted by molar-refractivity contribution is 5.04. The van der Waals surface area contributed by atoms with E-state index < -0.39 is 22.5 Å². The zero-order valence-electron chi connectivity index (χ0n) is 13.9. The van der Waals surface area contributed by atoms with Crippen LogP contribution in [0, 0.1) is 11.8 Å². The second-order valence-electron chi connectivity index (χ2n) is 7.44. The van der Waals surface area contributed by atoms with E-state index in [-0.39, 0.29) is 11.8 Å². The minimum Gasteiger partial charge on any atom is -0.336 e. The van der Waals surface area contributed by atoms with Crippen molar-refractivity contribution in [3.63, 3.8) is 0 Å². The lowest BCUT2D eigenvalue weighted by Crippen LogP contribution is -2.77. The van der Waals surface area contributed by atoms with Gasteiger partial charge in [0.05, 0.1) is 11.1 Å². The third kappa shape index (κ3) is 3.47. The summed E-state index contributed by atoms with van der Waals surface area (Å²) in [6.07, 6.45) is 0. The van der Waals surface area contributed by atoms with Crippen LogP contribution in [0.5, 0.6) is 0 Å². The van der Waals surface area contributed by atoms with Crippen molar-refractivity contribution in [1.82, 2.24) is 0 Å². The van der Waals surface area contributed by atoms with E-state index in [1.54, 1.807) is 0 Å². The molecule has 0 aromatic heterocycles. The van der Waals surface area contributed by atoms with Crippen LogP contribution in [0.25, 0.3) is 0 Å². The Bertz CT molecular complexity index is 274. The fraction of sp³-hybridized carbons (Fsp3) is 1.00. The molecule has 0 aliphatic rings. The van der Waals surface area contributed by atoms with E-state index in [0.29, 0.717) is 0 Å². The molecule has 0 aliphatic heterocycles. The lowest BCUT2D eigenvalue weighted by atomic mass is 9.79. The van der Waals surface area contributed by atoms with Crippen LogP contribution in [0.2, 0.25) is 0 Å². The molecule has 0 amide bonds. The van der Waals surface area contributed by atoms with E-state index in [9.17, 15) is 0 Å². The Kier molecular flexibility index (Phi) is 5.24. The van der Waals surface area contributed by atoms with Crippen LogP contribution in [0.4, 0.5) is 0 Å². The average molecular weight is 274 g/mol. The molecule has 0 saturated heterocycles. The molecule has 0 aliphatic carbocycles. The van der Waals surface area contributed by atoms with Crippen molar-refractivity contribution < 1.29 is 4.74 Å². The summed E-state index contributed by atoms with van der Waals surface area (Å²) in [5.41, 5.74) is 21.7. The molecule has 0 radical (unpaired) electrons. The highest BCUT2D eigenvalue weighted by Crippen LogP contribution is 2.36. The van der Waals surface area contributed by atoms with Gasteiger partial charge in [-0.25, -0.2) is 0 Å². The van der Waals surface area contributed by atoms with E-state index >= 15 is 0 Å². The Hall–Kier alpha value is -0.200. The summed E-state index contributed by atoms with van der Waals surface area (Å²) in [5.74, 6) is -0.00644. The molecule has 0 spiro atoms. The second-order valence-corrected chi connectivity index (χ2v) is 7.44. The van der Waals surface area contributed by atoms with Gasteiger partial charge in [0.1, 0.15) is 11.4 Å². The molecule has 5 heteroatoms. The van der Waals surface area contributed by atoms with Crippen molar-refractivity contribution in [3.8, 4) is 0 Å². The molecule has 0 fully saturated rings. The average Bonchev–Trinajstić information content (AvgIpc) is 2.12. The zero-order valence-corrected chi connectivity index (χ0v) is 13.9. The van der Waals surface area contributed by atoms with Crippen LogP contribution in [0.3, 0.4) is 0 Å². The van der Waals surface area contributed by atoms with Crippen molar-refractivity contribution >= 4 is 0 Å². The molecule has 0 rings (SSSR count). The van der Waals surface area contributed by atoms with Crippen LogP contribution in [-0.4, -0.2) is 22.5 Å². The monoisotopic (exact) mass is 274 g/mol. The first-order chi connectivity index (χ1) is 8.09. The van der Waals surface area contributed by atoms with Gasteiger partial charge in [-0.05, 0) is 39.5 Å². The molecular weight excluding hydrogens is 240 g/mol. The van der Waals surface area contributed by atoms with Gasteiger partial charge in [-0.1, -0.05) is 27.7 Å². The van der Waals surface area contributed by atoms with E-state index in [2.05, 4.69) is 0 Å². The lowest BCUT2D eigenvalue weighted by Gasteiger charge is -2.54. The van der Waals surface area contributed by atoms with Crippen LogP contribution in [0.15, 0.2) is 0 Å². The molecule has 2 unspecified atom stereocenters. The van der Waals surface area contributed by atoms with Crippen LogP contribution in [0.1, 0.15) is 55.4 Å². The van der Waals surface area contributed by atoms with Crippen molar-refractivity contribution in [2.45, 2.75) is 77.9 Å². The first-order valence-electron chi connectivity index (χ1n) is 6.95. The van der Waals surface area contributed by atoms with Crippen LogP contribution >= 0.6 is 0 Å². The van der Waals surface area contributed by atoms with Gasteiger partial charge < -0.3 is 27.7 Å². The summed E-state index contributed by atoms with van der Waals surface area (Å²) in [6.45, 7) is 15.3. The predicted molar refractivity (Wildman–Crippen MR) is 81.1 cm³/mol. The van der Waals surface area contributed by atoms with E-state index in [1.807, 2.05) is 55.4 Å². The van der Waals surface area contributed by atoms with E-state index in [0.717, 1.165) is 0 Å². The molecule has 116 valence electrons. The standard InChI is InChI=1S/C14H34N4O/c1-9(2)13(17,11(5,6)15)19-14(18,10(3)4)12(7,8)16/h9-10H,15-18H2,1-8H3. The molecule has 8 N–H and O–H groups in total. The summed E-state index contributed by atoms with van der Waals surface area (Å²) >= 11 is 0. The molecule has 19 heavy (non-hydrogen) atoms. The first-order valence-corrected chi connectivity index (χ1v) is 6.95. The van der Waals surface area contributed by atoms with Gasteiger partial charge in [0.25, 0.3) is 0 Å². The Labute approximate surface area is 118 Å². The maximum Gasteiger partial charge on any atom is 0.139 e. The minimum atomic E-state index is -1.07. The van der Waals surface area contributed by atoms with Gasteiger partial charge in [-0.2, -0.15) is 0 Å². The maximum atomic E-state index is 6.46. The Morgan fingerprint density at radius 3 is 0.947 bits per heavy atom. The molecule has 0 saturated carbocycles. The fourth-order valence-corrected chi connectivity index (χ4v) is 2.27. The number of nitrogens with two attached hydrogens (primary N) is 4. The Morgan fingerprint density at radius 1 is 0.632 bits per heavy atom. The number of ether oxygens (including phenoxy) is 1.